The smallest absolute Gasteiger partial charge is 0.249 e. The van der Waals surface area contributed by atoms with Gasteiger partial charge < -0.3 is 0 Å². The van der Waals surface area contributed by atoms with Gasteiger partial charge in [0.1, 0.15) is 11.9 Å². The highest BCUT2D eigenvalue weighted by Gasteiger charge is 2.36. The molecule has 2 aliphatic rings. The van der Waals surface area contributed by atoms with Gasteiger partial charge in [-0.1, -0.05) is 37.1 Å². The monoisotopic (exact) mass is 331 g/mol. The Morgan fingerprint density at radius 1 is 1.33 bits per heavy atom. The summed E-state index contributed by atoms with van der Waals surface area (Å²) in [4.78, 5) is 42.7. The van der Waals surface area contributed by atoms with Crippen molar-refractivity contribution in [3.8, 4) is 0 Å². The van der Waals surface area contributed by atoms with E-state index >= 15 is 0 Å². The second kappa shape index (κ2) is 8.57. The number of allylic oxidation sites excluding steroid dienone is 2. The summed E-state index contributed by atoms with van der Waals surface area (Å²) < 4.78 is 0. The van der Waals surface area contributed by atoms with Gasteiger partial charge in [0.2, 0.25) is 17.7 Å². The Hall–Kier alpha value is -2.24. The number of unbranched alkanes of at least 4 members (excludes halogenated alkanes) is 1. The lowest BCUT2D eigenvalue weighted by Gasteiger charge is -2.34. The first kappa shape index (κ1) is 18.1. The van der Waals surface area contributed by atoms with Crippen LogP contribution in [0.1, 0.15) is 52.4 Å². The summed E-state index contributed by atoms with van der Waals surface area (Å²) in [7, 11) is 0. The summed E-state index contributed by atoms with van der Waals surface area (Å²) in [6, 6.07) is -0.651. The summed E-state index contributed by atoms with van der Waals surface area (Å²) in [5.74, 6) is -0.173. The highest BCUT2D eigenvalue weighted by molar-refractivity contribution is 6.07. The van der Waals surface area contributed by atoms with E-state index in [2.05, 4.69) is 17.2 Å². The van der Waals surface area contributed by atoms with Crippen LogP contribution in [0.5, 0.6) is 0 Å². The molecule has 0 aromatic heterocycles. The van der Waals surface area contributed by atoms with Crippen molar-refractivity contribution in [1.29, 1.82) is 0 Å². The van der Waals surface area contributed by atoms with E-state index in [9.17, 15) is 14.4 Å². The molecule has 0 bridgehead atoms. The molecule has 2 heterocycles. The fourth-order valence-corrected chi connectivity index (χ4v) is 2.87. The molecule has 1 fully saturated rings. The van der Waals surface area contributed by atoms with Crippen molar-refractivity contribution in [2.45, 2.75) is 58.4 Å². The summed E-state index contributed by atoms with van der Waals surface area (Å²) in [5, 5.41) is 2.34. The van der Waals surface area contributed by atoms with Crippen LogP contribution in [0, 0.1) is 0 Å². The van der Waals surface area contributed by atoms with Gasteiger partial charge >= 0.3 is 0 Å². The van der Waals surface area contributed by atoms with Gasteiger partial charge in [-0.25, -0.2) is 0 Å². The fraction of sp³-hybridized carbons (Fsp3) is 0.556. The van der Waals surface area contributed by atoms with E-state index < -0.39 is 11.9 Å². The van der Waals surface area contributed by atoms with Crippen LogP contribution >= 0.6 is 0 Å². The summed E-state index contributed by atoms with van der Waals surface area (Å²) in [6.07, 6.45) is 9.10. The maximum Gasteiger partial charge on any atom is 0.249 e. The van der Waals surface area contributed by atoms with Crippen LogP contribution in [0.15, 0.2) is 28.8 Å². The van der Waals surface area contributed by atoms with E-state index in [1.165, 1.54) is 4.90 Å². The van der Waals surface area contributed by atoms with Crippen molar-refractivity contribution < 1.29 is 14.4 Å². The number of amides is 3. The molecule has 1 atom stereocenters. The van der Waals surface area contributed by atoms with Crippen molar-refractivity contribution >= 4 is 23.6 Å². The topological polar surface area (TPSA) is 78.8 Å². The van der Waals surface area contributed by atoms with Crippen LogP contribution in [0.3, 0.4) is 0 Å². The Morgan fingerprint density at radius 3 is 2.83 bits per heavy atom. The average Bonchev–Trinajstić information content (AvgIpc) is 2.53. The molecule has 0 aromatic rings. The van der Waals surface area contributed by atoms with E-state index in [1.807, 2.05) is 25.2 Å². The lowest BCUT2D eigenvalue weighted by Crippen LogP contribution is -2.56. The van der Waals surface area contributed by atoms with Crippen LogP contribution in [0.2, 0.25) is 0 Å². The van der Waals surface area contributed by atoms with Crippen molar-refractivity contribution in [3.63, 3.8) is 0 Å². The molecule has 130 valence electrons. The molecule has 6 nitrogen and oxygen atoms in total. The standard InChI is InChI=1S/C18H25N3O3/c1-3-4-8-15-19-11-6-5-7-13(2)12-17(23)21(15)14-9-10-16(22)20-18(14)24/h5-7,14H,3-4,8-12H2,1-2H3,(H,20,22,24)/b6-5-,13-7-,19-15?. The highest BCUT2D eigenvalue weighted by Crippen LogP contribution is 2.19. The number of amidine groups is 1. The van der Waals surface area contributed by atoms with Gasteiger partial charge in [-0.05, 0) is 19.8 Å². The van der Waals surface area contributed by atoms with Crippen LogP contribution in [0.25, 0.3) is 0 Å². The van der Waals surface area contributed by atoms with Gasteiger partial charge in [-0.3, -0.25) is 29.6 Å². The quantitative estimate of drug-likeness (QED) is 0.801. The molecule has 1 unspecified atom stereocenters. The zero-order chi connectivity index (χ0) is 17.5. The molecule has 3 amide bonds. The zero-order valence-corrected chi connectivity index (χ0v) is 14.4. The van der Waals surface area contributed by atoms with Crippen molar-refractivity contribution in [2.24, 2.45) is 4.99 Å². The molecular formula is C18H25N3O3. The molecule has 0 spiro atoms. The number of nitrogens with one attached hydrogen (secondary N) is 1. The highest BCUT2D eigenvalue weighted by atomic mass is 16.2. The molecule has 0 aromatic carbocycles. The number of imide groups is 1. The zero-order valence-electron chi connectivity index (χ0n) is 14.4. The molecule has 0 saturated carbocycles. The van der Waals surface area contributed by atoms with Gasteiger partial charge in [0.05, 0.1) is 6.54 Å². The molecule has 6 heteroatoms. The number of hydrogen-bond donors (Lipinski definition) is 1. The first-order valence-corrected chi connectivity index (χ1v) is 8.54. The van der Waals surface area contributed by atoms with Gasteiger partial charge in [0.15, 0.2) is 0 Å². The molecule has 2 aliphatic heterocycles. The average molecular weight is 331 g/mol. The van der Waals surface area contributed by atoms with Crippen LogP contribution in [-0.2, 0) is 14.4 Å². The third-order valence-corrected chi connectivity index (χ3v) is 4.15. The predicted molar refractivity (Wildman–Crippen MR) is 92.4 cm³/mol. The Balaban J connectivity index is 2.35. The lowest BCUT2D eigenvalue weighted by molar-refractivity contribution is -0.142. The molecule has 2 rings (SSSR count). The largest absolute Gasteiger partial charge is 0.295 e. The number of carbonyl (C=O) groups excluding carboxylic acids is 3. The molecular weight excluding hydrogens is 306 g/mol. The summed E-state index contributed by atoms with van der Waals surface area (Å²) in [5.41, 5.74) is 0.935. The van der Waals surface area contributed by atoms with Crippen molar-refractivity contribution in [2.75, 3.05) is 6.54 Å². The van der Waals surface area contributed by atoms with Gasteiger partial charge in [0.25, 0.3) is 0 Å². The molecule has 24 heavy (non-hydrogen) atoms. The maximum atomic E-state index is 12.9. The van der Waals surface area contributed by atoms with Crippen LogP contribution in [-0.4, -0.2) is 41.0 Å². The molecule has 1 saturated heterocycles. The number of aliphatic imine (C=N–C) groups is 1. The SMILES string of the molecule is CCCCC1=NC/C=C\C=C(\C)CC(=O)N1C1CCC(=O)NC1=O. The number of nitrogens with zero attached hydrogens (tertiary/aromatic N) is 2. The number of rotatable bonds is 4. The van der Waals surface area contributed by atoms with Gasteiger partial charge in [-0.15, -0.1) is 0 Å². The Kier molecular flexibility index (Phi) is 6.46. The third-order valence-electron chi connectivity index (χ3n) is 4.15. The number of carbonyl (C=O) groups is 3. The van der Waals surface area contributed by atoms with Crippen LogP contribution in [0.4, 0.5) is 0 Å². The van der Waals surface area contributed by atoms with E-state index in [-0.39, 0.29) is 24.7 Å². The number of piperidine rings is 1. The van der Waals surface area contributed by atoms with E-state index in [0.717, 1.165) is 18.4 Å². The minimum atomic E-state index is -0.651. The van der Waals surface area contributed by atoms with Gasteiger partial charge in [0, 0.05) is 19.3 Å². The molecule has 0 aliphatic carbocycles. The minimum Gasteiger partial charge on any atom is -0.295 e. The predicted octanol–water partition coefficient (Wildman–Crippen LogP) is 2.12. The van der Waals surface area contributed by atoms with Crippen molar-refractivity contribution in [1.82, 2.24) is 10.2 Å². The first-order valence-electron chi connectivity index (χ1n) is 8.54. The van der Waals surface area contributed by atoms with Crippen LogP contribution < -0.4 is 5.32 Å². The van der Waals surface area contributed by atoms with E-state index in [0.29, 0.717) is 25.2 Å². The van der Waals surface area contributed by atoms with E-state index in [1.54, 1.807) is 0 Å². The fourth-order valence-electron chi connectivity index (χ4n) is 2.87. The lowest BCUT2D eigenvalue weighted by atomic mass is 10.0. The molecule has 0 radical (unpaired) electrons. The third kappa shape index (κ3) is 4.63. The van der Waals surface area contributed by atoms with E-state index in [4.69, 9.17) is 0 Å². The van der Waals surface area contributed by atoms with Gasteiger partial charge in [-0.2, -0.15) is 0 Å². The number of hydrogen-bond acceptors (Lipinski definition) is 4. The maximum absolute atomic E-state index is 12.9. The second-order valence-electron chi connectivity index (χ2n) is 6.21. The second-order valence-corrected chi connectivity index (χ2v) is 6.21. The first-order chi connectivity index (χ1) is 11.5. The summed E-state index contributed by atoms with van der Waals surface area (Å²) >= 11 is 0. The Morgan fingerprint density at radius 2 is 2.12 bits per heavy atom. The minimum absolute atomic E-state index is 0.136. The Labute approximate surface area is 142 Å². The Bertz CT molecular complexity index is 605. The summed E-state index contributed by atoms with van der Waals surface area (Å²) in [6.45, 7) is 4.45. The molecule has 1 N–H and O–H groups in total. The van der Waals surface area contributed by atoms with Crippen molar-refractivity contribution in [3.05, 3.63) is 23.8 Å². The normalized spacial score (nSPS) is 26.3.